The summed E-state index contributed by atoms with van der Waals surface area (Å²) in [5.74, 6) is 5.34. The van der Waals surface area contributed by atoms with Crippen molar-refractivity contribution in [2.75, 3.05) is 12.0 Å². The molecule has 0 aliphatic carbocycles. The van der Waals surface area contributed by atoms with Gasteiger partial charge in [-0.15, -0.1) is 0 Å². The standard InChI is InChI=1S/C9H13N5O3S/c10-13-8-2-1-7(5-11-8)18(16,17)14-6-3-9(15)12-4-6/h1-2,5-6,14H,3-4,10H2,(H,11,13)(H,12,15). The Morgan fingerprint density at radius 2 is 2.22 bits per heavy atom. The SMILES string of the molecule is NNc1ccc(S(=O)(=O)NC2CNC(=O)C2)cn1. The number of pyridine rings is 1. The number of anilines is 1. The van der Waals surface area contributed by atoms with Crippen LogP contribution in [-0.4, -0.2) is 31.9 Å². The van der Waals surface area contributed by atoms with Crippen molar-refractivity contribution in [3.63, 3.8) is 0 Å². The number of hydrogen-bond acceptors (Lipinski definition) is 6. The minimum absolute atomic E-state index is 0.0286. The summed E-state index contributed by atoms with van der Waals surface area (Å²) in [4.78, 5) is 14.8. The van der Waals surface area contributed by atoms with Crippen molar-refractivity contribution in [2.24, 2.45) is 5.84 Å². The zero-order valence-electron chi connectivity index (χ0n) is 9.38. The molecule has 98 valence electrons. The van der Waals surface area contributed by atoms with Crippen molar-refractivity contribution < 1.29 is 13.2 Å². The van der Waals surface area contributed by atoms with Crippen LogP contribution >= 0.6 is 0 Å². The van der Waals surface area contributed by atoms with Crippen LogP contribution in [0.5, 0.6) is 0 Å². The first-order chi connectivity index (χ1) is 8.51. The summed E-state index contributed by atoms with van der Waals surface area (Å²) < 4.78 is 26.3. The lowest BCUT2D eigenvalue weighted by molar-refractivity contribution is -0.119. The van der Waals surface area contributed by atoms with Crippen LogP contribution in [0.3, 0.4) is 0 Å². The Labute approximate surface area is 104 Å². The Hall–Kier alpha value is -1.71. The fourth-order valence-electron chi connectivity index (χ4n) is 1.60. The highest BCUT2D eigenvalue weighted by molar-refractivity contribution is 7.89. The molecule has 1 atom stereocenters. The van der Waals surface area contributed by atoms with E-state index in [2.05, 4.69) is 20.4 Å². The monoisotopic (exact) mass is 271 g/mol. The molecule has 0 saturated carbocycles. The molecule has 8 nitrogen and oxygen atoms in total. The number of hydrogen-bond donors (Lipinski definition) is 4. The number of carbonyl (C=O) groups is 1. The van der Waals surface area contributed by atoms with Crippen molar-refractivity contribution in [3.8, 4) is 0 Å². The van der Waals surface area contributed by atoms with Gasteiger partial charge in [0.2, 0.25) is 15.9 Å². The van der Waals surface area contributed by atoms with Gasteiger partial charge in [0.15, 0.2) is 0 Å². The van der Waals surface area contributed by atoms with Crippen LogP contribution in [0, 0.1) is 0 Å². The van der Waals surface area contributed by atoms with Gasteiger partial charge in [0.25, 0.3) is 0 Å². The minimum Gasteiger partial charge on any atom is -0.354 e. The van der Waals surface area contributed by atoms with Gasteiger partial charge in [0, 0.05) is 25.2 Å². The molecular formula is C9H13N5O3S. The molecule has 1 aliphatic rings. The molecule has 0 aromatic carbocycles. The topological polar surface area (TPSA) is 126 Å². The number of nitrogens with two attached hydrogens (primary N) is 1. The molecule has 1 saturated heterocycles. The van der Waals surface area contributed by atoms with Crippen molar-refractivity contribution >= 4 is 21.7 Å². The molecule has 1 fully saturated rings. The quantitative estimate of drug-likeness (QED) is 0.391. The largest absolute Gasteiger partial charge is 0.354 e. The maximum absolute atomic E-state index is 12.0. The zero-order chi connectivity index (χ0) is 13.2. The number of rotatable bonds is 4. The second kappa shape index (κ2) is 4.88. The molecule has 1 unspecified atom stereocenters. The third-order valence-corrected chi connectivity index (χ3v) is 4.00. The van der Waals surface area contributed by atoms with Gasteiger partial charge in [-0.3, -0.25) is 4.79 Å². The second-order valence-electron chi connectivity index (χ2n) is 3.85. The van der Waals surface area contributed by atoms with Gasteiger partial charge in [-0.05, 0) is 12.1 Å². The van der Waals surface area contributed by atoms with Crippen LogP contribution in [0.4, 0.5) is 5.82 Å². The van der Waals surface area contributed by atoms with Crippen molar-refractivity contribution in [1.29, 1.82) is 0 Å². The number of hydrazine groups is 1. The van der Waals surface area contributed by atoms with Gasteiger partial charge in [0.05, 0.1) is 0 Å². The van der Waals surface area contributed by atoms with E-state index in [0.29, 0.717) is 12.4 Å². The molecule has 1 amide bonds. The molecule has 1 aromatic rings. The van der Waals surface area contributed by atoms with Crippen molar-refractivity contribution in [1.82, 2.24) is 15.0 Å². The number of nitrogens with one attached hydrogen (secondary N) is 3. The van der Waals surface area contributed by atoms with Crippen LogP contribution in [0.25, 0.3) is 0 Å². The van der Waals surface area contributed by atoms with E-state index in [1.165, 1.54) is 18.3 Å². The van der Waals surface area contributed by atoms with Gasteiger partial charge < -0.3 is 10.7 Å². The number of carbonyl (C=O) groups excluding carboxylic acids is 1. The molecule has 0 bridgehead atoms. The van der Waals surface area contributed by atoms with E-state index in [1.54, 1.807) is 0 Å². The molecule has 9 heteroatoms. The van der Waals surface area contributed by atoms with E-state index in [4.69, 9.17) is 5.84 Å². The van der Waals surface area contributed by atoms with Crippen molar-refractivity contribution in [2.45, 2.75) is 17.4 Å². The van der Waals surface area contributed by atoms with E-state index >= 15 is 0 Å². The molecule has 1 aromatic heterocycles. The van der Waals surface area contributed by atoms with E-state index < -0.39 is 16.1 Å². The number of nitrogen functional groups attached to an aromatic ring is 1. The lowest BCUT2D eigenvalue weighted by Crippen LogP contribution is -2.36. The molecule has 18 heavy (non-hydrogen) atoms. The Morgan fingerprint density at radius 1 is 1.44 bits per heavy atom. The average Bonchev–Trinajstić information content (AvgIpc) is 2.74. The van der Waals surface area contributed by atoms with Gasteiger partial charge in [-0.2, -0.15) is 0 Å². The molecule has 1 aliphatic heterocycles. The molecule has 2 rings (SSSR count). The first-order valence-electron chi connectivity index (χ1n) is 5.23. The van der Waals surface area contributed by atoms with E-state index in [1.807, 2.05) is 0 Å². The molecule has 0 spiro atoms. The highest BCUT2D eigenvalue weighted by Gasteiger charge is 2.26. The fraction of sp³-hybridized carbons (Fsp3) is 0.333. The summed E-state index contributed by atoms with van der Waals surface area (Å²) in [6, 6.07) is 2.41. The number of aromatic nitrogens is 1. The Balaban J connectivity index is 2.12. The molecule has 0 radical (unpaired) electrons. The summed E-state index contributed by atoms with van der Waals surface area (Å²) >= 11 is 0. The fourth-order valence-corrected chi connectivity index (χ4v) is 2.78. The normalized spacial score (nSPS) is 19.6. The summed E-state index contributed by atoms with van der Waals surface area (Å²) in [6.45, 7) is 0.300. The van der Waals surface area contributed by atoms with Gasteiger partial charge in [-0.25, -0.2) is 24.0 Å². The summed E-state index contributed by atoms with van der Waals surface area (Å²) in [5.41, 5.74) is 2.30. The van der Waals surface area contributed by atoms with Crippen LogP contribution < -0.4 is 21.3 Å². The average molecular weight is 271 g/mol. The maximum Gasteiger partial charge on any atom is 0.242 e. The number of nitrogens with zero attached hydrogens (tertiary/aromatic N) is 1. The first kappa shape index (κ1) is 12.7. The summed E-state index contributed by atoms with van der Waals surface area (Å²) in [7, 11) is -3.67. The predicted molar refractivity (Wildman–Crippen MR) is 63.8 cm³/mol. The Kier molecular flexibility index (Phi) is 3.45. The summed E-state index contributed by atoms with van der Waals surface area (Å²) in [5, 5.41) is 2.55. The second-order valence-corrected chi connectivity index (χ2v) is 5.56. The predicted octanol–water partition coefficient (Wildman–Crippen LogP) is -1.47. The smallest absolute Gasteiger partial charge is 0.242 e. The first-order valence-corrected chi connectivity index (χ1v) is 6.71. The third-order valence-electron chi connectivity index (χ3n) is 2.49. The highest BCUT2D eigenvalue weighted by atomic mass is 32.2. The Bertz CT molecular complexity index is 542. The van der Waals surface area contributed by atoms with E-state index in [9.17, 15) is 13.2 Å². The lowest BCUT2D eigenvalue weighted by Gasteiger charge is -2.11. The van der Waals surface area contributed by atoms with Crippen LogP contribution in [-0.2, 0) is 14.8 Å². The van der Waals surface area contributed by atoms with Crippen LogP contribution in [0.2, 0.25) is 0 Å². The number of sulfonamides is 1. The molecular weight excluding hydrogens is 258 g/mol. The van der Waals surface area contributed by atoms with Gasteiger partial charge >= 0.3 is 0 Å². The van der Waals surface area contributed by atoms with E-state index in [-0.39, 0.29) is 17.2 Å². The lowest BCUT2D eigenvalue weighted by atomic mass is 10.3. The van der Waals surface area contributed by atoms with Crippen molar-refractivity contribution in [3.05, 3.63) is 18.3 Å². The van der Waals surface area contributed by atoms with Gasteiger partial charge in [-0.1, -0.05) is 0 Å². The molecule has 5 N–H and O–H groups in total. The minimum atomic E-state index is -3.67. The summed E-state index contributed by atoms with van der Waals surface area (Å²) in [6.07, 6.45) is 1.34. The van der Waals surface area contributed by atoms with E-state index in [0.717, 1.165) is 0 Å². The highest BCUT2D eigenvalue weighted by Crippen LogP contribution is 2.12. The van der Waals surface area contributed by atoms with Gasteiger partial charge in [0.1, 0.15) is 10.7 Å². The molecule has 2 heterocycles. The van der Waals surface area contributed by atoms with Crippen LogP contribution in [0.15, 0.2) is 23.2 Å². The zero-order valence-corrected chi connectivity index (χ0v) is 10.2. The number of amides is 1. The third kappa shape index (κ3) is 2.75. The van der Waals surface area contributed by atoms with Crippen LogP contribution in [0.1, 0.15) is 6.42 Å². The maximum atomic E-state index is 12.0. The Morgan fingerprint density at radius 3 is 2.72 bits per heavy atom.